The molecular weight excluding hydrogens is 506 g/mol. The van der Waals surface area contributed by atoms with Crippen LogP contribution >= 0.6 is 11.3 Å². The predicted octanol–water partition coefficient (Wildman–Crippen LogP) is 4.13. The Labute approximate surface area is 220 Å². The molecule has 2 aromatic heterocycles. The van der Waals surface area contributed by atoms with Crippen LogP contribution < -0.4 is 14.9 Å². The van der Waals surface area contributed by atoms with E-state index in [4.69, 9.17) is 9.15 Å². The Balaban J connectivity index is 1.60. The van der Waals surface area contributed by atoms with Crippen LogP contribution in [-0.4, -0.2) is 22.1 Å². The number of ether oxygens (including phenoxy) is 1. The number of nitrogens with zero attached hydrogens (tertiary/aromatic N) is 3. The molecule has 0 bridgehead atoms. The number of hydrogen-bond acceptors (Lipinski definition) is 8. The van der Waals surface area contributed by atoms with Gasteiger partial charge in [0.25, 0.3) is 11.2 Å². The van der Waals surface area contributed by atoms with Crippen LogP contribution in [0.1, 0.15) is 24.3 Å². The van der Waals surface area contributed by atoms with Crippen molar-refractivity contribution >= 4 is 29.1 Å². The zero-order valence-corrected chi connectivity index (χ0v) is 21.0. The number of non-ortho nitro benzene ring substituents is 1. The first kappa shape index (κ1) is 24.8. The molecule has 5 rings (SSSR count). The second kappa shape index (κ2) is 10.3. The number of carbonyl (C=O) groups excluding carboxylic acids is 1. The number of rotatable bonds is 7. The second-order valence-corrected chi connectivity index (χ2v) is 9.40. The lowest BCUT2D eigenvalue weighted by molar-refractivity contribution is -0.384. The highest BCUT2D eigenvalue weighted by Gasteiger charge is 2.33. The number of esters is 1. The fraction of sp³-hybridized carbons (Fsp3) is 0.107. The number of nitro benzene ring substituents is 1. The van der Waals surface area contributed by atoms with Gasteiger partial charge in [0.05, 0.1) is 26.8 Å². The lowest BCUT2D eigenvalue weighted by Crippen LogP contribution is -2.39. The Kier molecular flexibility index (Phi) is 6.71. The van der Waals surface area contributed by atoms with Crippen molar-refractivity contribution in [2.24, 2.45) is 4.99 Å². The van der Waals surface area contributed by atoms with Gasteiger partial charge < -0.3 is 9.15 Å². The van der Waals surface area contributed by atoms with E-state index in [9.17, 15) is 19.7 Å². The molecule has 4 aromatic rings. The van der Waals surface area contributed by atoms with E-state index in [1.807, 2.05) is 30.3 Å². The predicted molar refractivity (Wildman–Crippen MR) is 142 cm³/mol. The molecule has 0 radical (unpaired) electrons. The van der Waals surface area contributed by atoms with Crippen LogP contribution in [-0.2, 0) is 9.53 Å². The van der Waals surface area contributed by atoms with Crippen LogP contribution in [0.15, 0.2) is 105 Å². The molecule has 190 valence electrons. The summed E-state index contributed by atoms with van der Waals surface area (Å²) < 4.78 is 13.1. The lowest BCUT2D eigenvalue weighted by atomic mass is 9.96. The van der Waals surface area contributed by atoms with Crippen molar-refractivity contribution in [2.75, 3.05) is 6.61 Å². The maximum atomic E-state index is 13.7. The average molecular weight is 528 g/mol. The van der Waals surface area contributed by atoms with E-state index >= 15 is 0 Å². The number of allylic oxidation sites excluding steroid dienone is 1. The zero-order valence-electron chi connectivity index (χ0n) is 20.2. The molecule has 0 saturated heterocycles. The van der Waals surface area contributed by atoms with Gasteiger partial charge in [-0.25, -0.2) is 9.79 Å². The molecule has 1 atom stereocenters. The molecule has 0 spiro atoms. The molecule has 0 fully saturated rings. The molecule has 2 aromatic carbocycles. The summed E-state index contributed by atoms with van der Waals surface area (Å²) >= 11 is 1.18. The Morgan fingerprint density at radius 2 is 2.00 bits per heavy atom. The van der Waals surface area contributed by atoms with Gasteiger partial charge in [-0.3, -0.25) is 19.5 Å². The molecule has 3 heterocycles. The van der Waals surface area contributed by atoms with Gasteiger partial charge >= 0.3 is 5.97 Å². The van der Waals surface area contributed by atoms with Gasteiger partial charge in [0.15, 0.2) is 4.80 Å². The van der Waals surface area contributed by atoms with Crippen LogP contribution in [0.5, 0.6) is 0 Å². The normalized spacial score (nSPS) is 15.1. The van der Waals surface area contributed by atoms with Crippen molar-refractivity contribution in [1.29, 1.82) is 0 Å². The Morgan fingerprint density at radius 1 is 1.21 bits per heavy atom. The van der Waals surface area contributed by atoms with E-state index < -0.39 is 16.9 Å². The molecule has 0 aliphatic carbocycles. The lowest BCUT2D eigenvalue weighted by Gasteiger charge is -2.24. The monoisotopic (exact) mass is 527 g/mol. The van der Waals surface area contributed by atoms with Gasteiger partial charge in [-0.05, 0) is 24.6 Å². The number of furan rings is 1. The highest BCUT2D eigenvalue weighted by atomic mass is 32.1. The second-order valence-electron chi connectivity index (χ2n) is 8.39. The van der Waals surface area contributed by atoms with Crippen LogP contribution in [0.25, 0.3) is 17.4 Å². The highest BCUT2D eigenvalue weighted by Crippen LogP contribution is 2.30. The summed E-state index contributed by atoms with van der Waals surface area (Å²) in [5.74, 6) is 0.259. The van der Waals surface area contributed by atoms with E-state index in [0.29, 0.717) is 32.1 Å². The molecule has 0 N–H and O–H groups in total. The first-order chi connectivity index (χ1) is 18.4. The molecule has 10 heteroatoms. The van der Waals surface area contributed by atoms with Crippen molar-refractivity contribution in [3.63, 3.8) is 0 Å². The molecule has 0 unspecified atom stereocenters. The Bertz CT molecular complexity index is 1780. The van der Waals surface area contributed by atoms with E-state index in [1.165, 1.54) is 34.1 Å². The summed E-state index contributed by atoms with van der Waals surface area (Å²) in [6.07, 6.45) is 3.08. The van der Waals surface area contributed by atoms with Crippen molar-refractivity contribution in [1.82, 2.24) is 4.57 Å². The molecular formula is C28H21N3O6S. The summed E-state index contributed by atoms with van der Waals surface area (Å²) in [6.45, 7) is 5.34. The first-order valence-electron chi connectivity index (χ1n) is 11.6. The third kappa shape index (κ3) is 4.64. The summed E-state index contributed by atoms with van der Waals surface area (Å²) in [5, 5.41) is 11.1. The summed E-state index contributed by atoms with van der Waals surface area (Å²) in [5.41, 5.74) is 1.65. The van der Waals surface area contributed by atoms with E-state index in [2.05, 4.69) is 11.6 Å². The number of thiazole rings is 1. The van der Waals surface area contributed by atoms with Gasteiger partial charge in [0, 0.05) is 23.8 Å². The maximum absolute atomic E-state index is 13.7. The fourth-order valence-corrected chi connectivity index (χ4v) is 5.26. The van der Waals surface area contributed by atoms with Crippen LogP contribution in [0.4, 0.5) is 5.69 Å². The van der Waals surface area contributed by atoms with Gasteiger partial charge in [0.1, 0.15) is 18.1 Å². The van der Waals surface area contributed by atoms with Crippen molar-refractivity contribution in [3.05, 3.63) is 132 Å². The quantitative estimate of drug-likeness (QED) is 0.154. The topological polar surface area (TPSA) is 117 Å². The summed E-state index contributed by atoms with van der Waals surface area (Å²) in [4.78, 5) is 42.3. The largest absolute Gasteiger partial charge is 0.458 e. The van der Waals surface area contributed by atoms with Crippen molar-refractivity contribution < 1.29 is 18.9 Å². The smallest absolute Gasteiger partial charge is 0.338 e. The third-order valence-electron chi connectivity index (χ3n) is 5.93. The third-order valence-corrected chi connectivity index (χ3v) is 6.91. The summed E-state index contributed by atoms with van der Waals surface area (Å²) in [6, 6.07) is 18.0. The first-order valence-corrected chi connectivity index (χ1v) is 12.4. The molecule has 1 aliphatic heterocycles. The standard InChI is InChI=1S/C28H21N3O6S/c1-3-14-36-27(33)24-17(2)29-28-30(25(24)18-8-5-4-6-9-18)26(32)23(38-28)16-21-12-13-22(37-21)19-10-7-11-20(15-19)31(34)35/h3-13,15-16,25H,1,14H2,2H3/b23-16+/t25-/m1/s1. The minimum atomic E-state index is -0.719. The molecule has 38 heavy (non-hydrogen) atoms. The van der Waals surface area contributed by atoms with E-state index in [0.717, 1.165) is 5.56 Å². The van der Waals surface area contributed by atoms with Crippen LogP contribution in [0.2, 0.25) is 0 Å². The number of hydrogen-bond donors (Lipinski definition) is 0. The van der Waals surface area contributed by atoms with Crippen LogP contribution in [0, 0.1) is 10.1 Å². The number of carbonyl (C=O) groups is 1. The molecule has 0 saturated carbocycles. The number of nitro groups is 1. The van der Waals surface area contributed by atoms with Crippen LogP contribution in [0.3, 0.4) is 0 Å². The van der Waals surface area contributed by atoms with E-state index in [1.54, 1.807) is 37.3 Å². The fourth-order valence-electron chi connectivity index (χ4n) is 4.23. The minimum Gasteiger partial charge on any atom is -0.458 e. The number of benzene rings is 2. The van der Waals surface area contributed by atoms with Crippen molar-refractivity contribution in [2.45, 2.75) is 13.0 Å². The van der Waals surface area contributed by atoms with Crippen molar-refractivity contribution in [3.8, 4) is 11.3 Å². The Hall–Kier alpha value is -4.83. The summed E-state index contributed by atoms with van der Waals surface area (Å²) in [7, 11) is 0. The molecule has 0 amide bonds. The number of fused-ring (bicyclic) bond motifs is 1. The molecule has 9 nitrogen and oxygen atoms in total. The maximum Gasteiger partial charge on any atom is 0.338 e. The van der Waals surface area contributed by atoms with Gasteiger partial charge in [-0.1, -0.05) is 66.5 Å². The highest BCUT2D eigenvalue weighted by molar-refractivity contribution is 7.07. The van der Waals surface area contributed by atoms with E-state index in [-0.39, 0.29) is 23.4 Å². The minimum absolute atomic E-state index is 0.0347. The van der Waals surface area contributed by atoms with Gasteiger partial charge in [0.2, 0.25) is 0 Å². The number of aromatic nitrogens is 1. The molecule has 1 aliphatic rings. The Morgan fingerprint density at radius 3 is 2.74 bits per heavy atom. The van der Waals surface area contributed by atoms with Gasteiger partial charge in [-0.15, -0.1) is 0 Å². The zero-order chi connectivity index (χ0) is 26.8. The van der Waals surface area contributed by atoms with Gasteiger partial charge in [-0.2, -0.15) is 0 Å². The SMILES string of the molecule is C=CCOC(=O)C1=C(C)N=c2s/c(=C/c3ccc(-c4cccc([N+](=O)[O-])c4)o3)c(=O)n2[C@@H]1c1ccccc1. The average Bonchev–Trinajstić information content (AvgIpc) is 3.51.